The molecule has 1 fully saturated rings. The van der Waals surface area contributed by atoms with Crippen molar-refractivity contribution in [2.45, 2.75) is 12.5 Å². The molecular weight excluding hydrogens is 246 g/mol. The van der Waals surface area contributed by atoms with Crippen molar-refractivity contribution in [2.24, 2.45) is 0 Å². The van der Waals surface area contributed by atoms with Crippen molar-refractivity contribution < 1.29 is 9.59 Å². The zero-order chi connectivity index (χ0) is 13.4. The molecule has 0 radical (unpaired) electrons. The predicted octanol–water partition coefficient (Wildman–Crippen LogP) is 0.194. The molecule has 2 aromatic rings. The molecule has 19 heavy (non-hydrogen) atoms. The van der Waals surface area contributed by atoms with Crippen molar-refractivity contribution >= 4 is 28.8 Å². The van der Waals surface area contributed by atoms with Gasteiger partial charge in [0.25, 0.3) is 5.91 Å². The maximum Gasteiger partial charge on any atom is 0.251 e. The predicted molar refractivity (Wildman–Crippen MR) is 67.1 cm³/mol. The van der Waals surface area contributed by atoms with Gasteiger partial charge in [0.2, 0.25) is 5.91 Å². The summed E-state index contributed by atoms with van der Waals surface area (Å²) in [5, 5.41) is 2.95. The summed E-state index contributed by atoms with van der Waals surface area (Å²) in [5.41, 5.74) is 1.18. The molecule has 1 atom stereocenters. The molecule has 2 amide bonds. The first-order chi connectivity index (χ1) is 9.15. The molecule has 96 valence electrons. The first-order valence-electron chi connectivity index (χ1n) is 5.80. The van der Waals surface area contributed by atoms with Gasteiger partial charge in [0, 0.05) is 19.4 Å². The van der Waals surface area contributed by atoms with E-state index in [1.807, 2.05) is 0 Å². The van der Waals surface area contributed by atoms with E-state index in [9.17, 15) is 9.59 Å². The lowest BCUT2D eigenvalue weighted by Crippen LogP contribution is -2.32. The van der Waals surface area contributed by atoms with Crippen LogP contribution in [0.15, 0.2) is 24.5 Å². The van der Waals surface area contributed by atoms with Gasteiger partial charge in [-0.15, -0.1) is 0 Å². The highest BCUT2D eigenvalue weighted by molar-refractivity contribution is 6.06. The maximum absolute atomic E-state index is 11.8. The number of amides is 2. The number of likely N-dealkylation sites (N-methyl/N-ethyl adjacent to an activating group) is 1. The van der Waals surface area contributed by atoms with Crippen LogP contribution in [0, 0.1) is 0 Å². The number of fused-ring (bicyclic) bond motifs is 1. The van der Waals surface area contributed by atoms with E-state index in [4.69, 9.17) is 0 Å². The summed E-state index contributed by atoms with van der Waals surface area (Å²) in [6.07, 6.45) is 3.29. The molecule has 1 N–H and O–H groups in total. The molecule has 1 aliphatic heterocycles. The quantitative estimate of drug-likeness (QED) is 0.773. The SMILES string of the molecule is CN1C(=O)CC(Nc2ccc3nccnc3n2)C1=O. The number of nitrogens with one attached hydrogen (secondary N) is 1. The van der Waals surface area contributed by atoms with E-state index in [1.165, 1.54) is 7.05 Å². The first kappa shape index (κ1) is 11.5. The van der Waals surface area contributed by atoms with Crippen molar-refractivity contribution in [1.82, 2.24) is 19.9 Å². The monoisotopic (exact) mass is 257 g/mol. The molecule has 1 aliphatic rings. The topological polar surface area (TPSA) is 88.1 Å². The Kier molecular flexibility index (Phi) is 2.59. The van der Waals surface area contributed by atoms with Crippen LogP contribution in [0.5, 0.6) is 0 Å². The van der Waals surface area contributed by atoms with Crippen LogP contribution in [0.1, 0.15) is 6.42 Å². The third-order valence-electron chi connectivity index (χ3n) is 3.04. The largest absolute Gasteiger partial charge is 0.358 e. The molecular formula is C12H11N5O2. The Bertz CT molecular complexity index is 672. The van der Waals surface area contributed by atoms with Gasteiger partial charge in [0.1, 0.15) is 17.4 Å². The highest BCUT2D eigenvalue weighted by Crippen LogP contribution is 2.17. The zero-order valence-corrected chi connectivity index (χ0v) is 10.2. The standard InChI is InChI=1S/C12H11N5O2/c1-17-10(18)6-8(12(17)19)15-9-3-2-7-11(16-9)14-5-4-13-7/h2-5,8H,6H2,1H3,(H,14,15,16). The number of pyridine rings is 1. The second-order valence-electron chi connectivity index (χ2n) is 4.29. The minimum Gasteiger partial charge on any atom is -0.358 e. The minimum absolute atomic E-state index is 0.148. The van der Waals surface area contributed by atoms with Crippen LogP contribution >= 0.6 is 0 Å². The molecule has 0 aromatic carbocycles. The first-order valence-corrected chi connectivity index (χ1v) is 5.80. The molecule has 0 spiro atoms. The molecule has 3 rings (SSSR count). The molecule has 7 nitrogen and oxygen atoms in total. The van der Waals surface area contributed by atoms with Crippen molar-refractivity contribution in [3.05, 3.63) is 24.5 Å². The van der Waals surface area contributed by atoms with E-state index in [2.05, 4.69) is 20.3 Å². The zero-order valence-electron chi connectivity index (χ0n) is 10.2. The van der Waals surface area contributed by atoms with Crippen LogP contribution in [0.25, 0.3) is 11.2 Å². The van der Waals surface area contributed by atoms with Crippen molar-refractivity contribution in [3.8, 4) is 0 Å². The Morgan fingerprint density at radius 1 is 1.26 bits per heavy atom. The lowest BCUT2D eigenvalue weighted by molar-refractivity contribution is -0.136. The smallest absolute Gasteiger partial charge is 0.251 e. The summed E-state index contributed by atoms with van der Waals surface area (Å²) in [7, 11) is 1.48. The number of nitrogens with zero attached hydrogens (tertiary/aromatic N) is 4. The Labute approximate surface area is 108 Å². The van der Waals surface area contributed by atoms with Crippen LogP contribution in [0.3, 0.4) is 0 Å². The number of aromatic nitrogens is 3. The number of imide groups is 1. The molecule has 1 unspecified atom stereocenters. The number of hydrogen-bond donors (Lipinski definition) is 1. The number of likely N-dealkylation sites (tertiary alicyclic amines) is 1. The van der Waals surface area contributed by atoms with Gasteiger partial charge in [-0.2, -0.15) is 0 Å². The van der Waals surface area contributed by atoms with Crippen molar-refractivity contribution in [1.29, 1.82) is 0 Å². The van der Waals surface area contributed by atoms with Gasteiger partial charge in [0.05, 0.1) is 6.42 Å². The van der Waals surface area contributed by atoms with E-state index in [1.54, 1.807) is 24.5 Å². The van der Waals surface area contributed by atoms with E-state index in [0.717, 1.165) is 4.90 Å². The van der Waals surface area contributed by atoms with Crippen LogP contribution in [0.2, 0.25) is 0 Å². The third kappa shape index (κ3) is 1.99. The fraction of sp³-hybridized carbons (Fsp3) is 0.250. The van der Waals surface area contributed by atoms with Gasteiger partial charge in [-0.05, 0) is 12.1 Å². The summed E-state index contributed by atoms with van der Waals surface area (Å²) in [6.45, 7) is 0. The number of hydrogen-bond acceptors (Lipinski definition) is 6. The van der Waals surface area contributed by atoms with Crippen molar-refractivity contribution in [3.63, 3.8) is 0 Å². The van der Waals surface area contributed by atoms with Crippen LogP contribution < -0.4 is 5.32 Å². The molecule has 7 heteroatoms. The Morgan fingerprint density at radius 2 is 2.05 bits per heavy atom. The highest BCUT2D eigenvalue weighted by Gasteiger charge is 2.36. The summed E-state index contributed by atoms with van der Waals surface area (Å²) in [6, 6.07) is 2.93. The Morgan fingerprint density at radius 3 is 2.79 bits per heavy atom. The fourth-order valence-electron chi connectivity index (χ4n) is 1.98. The summed E-state index contributed by atoms with van der Waals surface area (Å²) < 4.78 is 0. The van der Waals surface area contributed by atoms with Gasteiger partial charge < -0.3 is 5.32 Å². The Balaban J connectivity index is 1.86. The second kappa shape index (κ2) is 4.27. The van der Waals surface area contributed by atoms with Gasteiger partial charge in [0.15, 0.2) is 5.65 Å². The molecule has 2 aromatic heterocycles. The number of anilines is 1. The summed E-state index contributed by atoms with van der Waals surface area (Å²) in [5.74, 6) is 0.0728. The van der Waals surface area contributed by atoms with Gasteiger partial charge in [-0.1, -0.05) is 0 Å². The van der Waals surface area contributed by atoms with E-state index >= 15 is 0 Å². The van der Waals surface area contributed by atoms with Crippen LogP contribution in [-0.4, -0.2) is 44.8 Å². The van der Waals surface area contributed by atoms with E-state index in [-0.39, 0.29) is 18.2 Å². The van der Waals surface area contributed by atoms with Gasteiger partial charge in [-0.25, -0.2) is 9.97 Å². The highest BCUT2D eigenvalue weighted by atomic mass is 16.2. The molecule has 3 heterocycles. The fourth-order valence-corrected chi connectivity index (χ4v) is 1.98. The number of rotatable bonds is 2. The van der Waals surface area contributed by atoms with Crippen molar-refractivity contribution in [2.75, 3.05) is 12.4 Å². The van der Waals surface area contributed by atoms with Crippen LogP contribution in [0.4, 0.5) is 5.82 Å². The second-order valence-corrected chi connectivity index (χ2v) is 4.29. The lowest BCUT2D eigenvalue weighted by atomic mass is 10.2. The maximum atomic E-state index is 11.8. The number of carbonyl (C=O) groups is 2. The lowest BCUT2D eigenvalue weighted by Gasteiger charge is -2.11. The Hall–Kier alpha value is -2.57. The summed E-state index contributed by atoms with van der Waals surface area (Å²) in [4.78, 5) is 36.8. The normalized spacial score (nSPS) is 19.2. The average Bonchev–Trinajstić information content (AvgIpc) is 2.66. The minimum atomic E-state index is -0.556. The number of carbonyl (C=O) groups excluding carboxylic acids is 2. The van der Waals surface area contributed by atoms with Gasteiger partial charge in [-0.3, -0.25) is 19.5 Å². The molecule has 0 saturated carbocycles. The third-order valence-corrected chi connectivity index (χ3v) is 3.04. The van der Waals surface area contributed by atoms with Crippen LogP contribution in [-0.2, 0) is 9.59 Å². The van der Waals surface area contributed by atoms with Gasteiger partial charge >= 0.3 is 0 Å². The molecule has 0 bridgehead atoms. The summed E-state index contributed by atoms with van der Waals surface area (Å²) >= 11 is 0. The molecule has 1 saturated heterocycles. The van der Waals surface area contributed by atoms with E-state index in [0.29, 0.717) is 17.0 Å². The van der Waals surface area contributed by atoms with E-state index < -0.39 is 6.04 Å². The molecule has 0 aliphatic carbocycles. The average molecular weight is 257 g/mol.